The van der Waals surface area contributed by atoms with Gasteiger partial charge in [0.2, 0.25) is 5.88 Å². The fourth-order valence-corrected chi connectivity index (χ4v) is 2.44. The van der Waals surface area contributed by atoms with Gasteiger partial charge in [-0.2, -0.15) is 0 Å². The van der Waals surface area contributed by atoms with Crippen molar-refractivity contribution in [2.24, 2.45) is 0 Å². The van der Waals surface area contributed by atoms with Crippen LogP contribution in [0.25, 0.3) is 11.0 Å². The molecule has 1 unspecified atom stereocenters. The van der Waals surface area contributed by atoms with Crippen LogP contribution in [0.4, 0.5) is 4.39 Å². The van der Waals surface area contributed by atoms with E-state index in [0.29, 0.717) is 16.1 Å². The molecule has 3 aromatic rings. The lowest BCUT2D eigenvalue weighted by atomic mass is 10.3. The van der Waals surface area contributed by atoms with Crippen LogP contribution in [-0.4, -0.2) is 28.6 Å². The molecule has 0 bridgehead atoms. The van der Waals surface area contributed by atoms with Gasteiger partial charge in [-0.05, 0) is 44.2 Å². The van der Waals surface area contributed by atoms with Crippen LogP contribution < -0.4 is 9.47 Å². The lowest BCUT2D eigenvalue weighted by Crippen LogP contribution is -2.26. The van der Waals surface area contributed by atoms with Gasteiger partial charge in [0.15, 0.2) is 17.7 Å². The van der Waals surface area contributed by atoms with Gasteiger partial charge in [0.25, 0.3) is 0 Å². The minimum absolute atomic E-state index is 0.0814. The monoisotopic (exact) mass is 390 g/mol. The molecule has 1 heterocycles. The molecule has 0 saturated heterocycles. The summed E-state index contributed by atoms with van der Waals surface area (Å²) >= 11 is 5.91. The molecule has 140 valence electrons. The SMILES string of the molecule is CCOC(=O)C(C)Oc1ccc(Oc2cnc3cc(Cl)ccc3n2)cc1F. The van der Waals surface area contributed by atoms with Gasteiger partial charge in [-0.3, -0.25) is 0 Å². The third-order valence-electron chi connectivity index (χ3n) is 3.53. The van der Waals surface area contributed by atoms with Crippen LogP contribution in [0.5, 0.6) is 17.4 Å². The second-order valence-electron chi connectivity index (χ2n) is 5.55. The number of hydrogen-bond acceptors (Lipinski definition) is 6. The van der Waals surface area contributed by atoms with Crippen molar-refractivity contribution in [2.75, 3.05) is 6.61 Å². The Labute approximate surface area is 159 Å². The molecule has 0 aliphatic rings. The molecule has 0 radical (unpaired) electrons. The molecule has 27 heavy (non-hydrogen) atoms. The number of benzene rings is 2. The highest BCUT2D eigenvalue weighted by molar-refractivity contribution is 6.31. The van der Waals surface area contributed by atoms with E-state index in [9.17, 15) is 9.18 Å². The van der Waals surface area contributed by atoms with Crippen LogP contribution in [0.1, 0.15) is 13.8 Å². The van der Waals surface area contributed by atoms with Crippen molar-refractivity contribution >= 4 is 28.6 Å². The van der Waals surface area contributed by atoms with Crippen molar-refractivity contribution < 1.29 is 23.4 Å². The van der Waals surface area contributed by atoms with E-state index in [1.54, 1.807) is 25.1 Å². The number of ether oxygens (including phenoxy) is 3. The molecule has 3 rings (SSSR count). The maximum Gasteiger partial charge on any atom is 0.347 e. The number of halogens is 2. The Kier molecular flexibility index (Phi) is 5.71. The van der Waals surface area contributed by atoms with Gasteiger partial charge < -0.3 is 14.2 Å². The summed E-state index contributed by atoms with van der Waals surface area (Å²) in [4.78, 5) is 20.1. The molecule has 0 amide bonds. The summed E-state index contributed by atoms with van der Waals surface area (Å²) in [6, 6.07) is 9.11. The maximum atomic E-state index is 14.3. The van der Waals surface area contributed by atoms with Gasteiger partial charge in [0, 0.05) is 11.1 Å². The zero-order valence-electron chi connectivity index (χ0n) is 14.6. The molecule has 6 nitrogen and oxygen atoms in total. The fourth-order valence-electron chi connectivity index (χ4n) is 2.28. The third-order valence-corrected chi connectivity index (χ3v) is 3.77. The van der Waals surface area contributed by atoms with Crippen LogP contribution in [0.3, 0.4) is 0 Å². The van der Waals surface area contributed by atoms with Crippen LogP contribution in [0.15, 0.2) is 42.6 Å². The van der Waals surface area contributed by atoms with E-state index in [4.69, 9.17) is 25.8 Å². The first-order chi connectivity index (χ1) is 13.0. The number of nitrogens with zero attached hydrogens (tertiary/aromatic N) is 2. The van der Waals surface area contributed by atoms with Crippen LogP contribution in [0.2, 0.25) is 5.02 Å². The molecule has 2 aromatic carbocycles. The van der Waals surface area contributed by atoms with Crippen molar-refractivity contribution in [3.63, 3.8) is 0 Å². The van der Waals surface area contributed by atoms with Crippen molar-refractivity contribution in [3.05, 3.63) is 53.4 Å². The summed E-state index contributed by atoms with van der Waals surface area (Å²) in [6.45, 7) is 3.39. The summed E-state index contributed by atoms with van der Waals surface area (Å²) in [5.41, 5.74) is 1.22. The van der Waals surface area contributed by atoms with Crippen LogP contribution in [-0.2, 0) is 9.53 Å². The van der Waals surface area contributed by atoms with E-state index < -0.39 is 17.9 Å². The first kappa shape index (κ1) is 18.8. The first-order valence-electron chi connectivity index (χ1n) is 8.19. The van der Waals surface area contributed by atoms with E-state index in [0.717, 1.165) is 6.07 Å². The van der Waals surface area contributed by atoms with Gasteiger partial charge in [0.05, 0.1) is 23.8 Å². The van der Waals surface area contributed by atoms with Gasteiger partial charge in [0.1, 0.15) is 5.75 Å². The number of esters is 1. The molecule has 0 fully saturated rings. The highest BCUT2D eigenvalue weighted by Gasteiger charge is 2.18. The summed E-state index contributed by atoms with van der Waals surface area (Å²) in [5, 5.41) is 0.556. The van der Waals surface area contributed by atoms with Crippen molar-refractivity contribution in [1.82, 2.24) is 9.97 Å². The van der Waals surface area contributed by atoms with Crippen LogP contribution in [0, 0.1) is 5.82 Å². The smallest absolute Gasteiger partial charge is 0.347 e. The minimum atomic E-state index is -0.926. The Bertz CT molecular complexity index is 983. The molecule has 0 aliphatic heterocycles. The van der Waals surface area contributed by atoms with Gasteiger partial charge >= 0.3 is 5.97 Å². The Balaban J connectivity index is 1.74. The van der Waals surface area contributed by atoms with E-state index in [2.05, 4.69) is 9.97 Å². The topological polar surface area (TPSA) is 70.5 Å². The van der Waals surface area contributed by atoms with Gasteiger partial charge in [-0.25, -0.2) is 19.2 Å². The molecule has 0 spiro atoms. The summed E-state index contributed by atoms with van der Waals surface area (Å²) in [5.74, 6) is -0.904. The Morgan fingerprint density at radius 3 is 2.78 bits per heavy atom. The van der Waals surface area contributed by atoms with E-state index in [1.807, 2.05) is 0 Å². The maximum absolute atomic E-state index is 14.3. The molecule has 1 aromatic heterocycles. The minimum Gasteiger partial charge on any atom is -0.476 e. The predicted molar refractivity (Wildman–Crippen MR) is 97.7 cm³/mol. The predicted octanol–water partition coefficient (Wildman–Crippen LogP) is 4.55. The fraction of sp³-hybridized carbons (Fsp3) is 0.211. The summed E-state index contributed by atoms with van der Waals surface area (Å²) in [6.07, 6.45) is 0.494. The molecule has 8 heteroatoms. The molecule has 0 N–H and O–H groups in total. The zero-order valence-corrected chi connectivity index (χ0v) is 15.4. The number of hydrogen-bond donors (Lipinski definition) is 0. The van der Waals surface area contributed by atoms with Crippen molar-refractivity contribution in [2.45, 2.75) is 20.0 Å². The highest BCUT2D eigenvalue weighted by atomic mass is 35.5. The molecular weight excluding hydrogens is 375 g/mol. The molecular formula is C19H16ClFN2O4. The number of aromatic nitrogens is 2. The van der Waals surface area contributed by atoms with Gasteiger partial charge in [-0.15, -0.1) is 0 Å². The molecule has 0 saturated carbocycles. The number of rotatable bonds is 6. The molecule has 0 aliphatic carbocycles. The summed E-state index contributed by atoms with van der Waals surface area (Å²) in [7, 11) is 0. The Morgan fingerprint density at radius 1 is 1.22 bits per heavy atom. The van der Waals surface area contributed by atoms with E-state index >= 15 is 0 Å². The lowest BCUT2D eigenvalue weighted by molar-refractivity contribution is -0.150. The number of carbonyl (C=O) groups excluding carboxylic acids is 1. The standard InChI is InChI=1S/C19H16ClFN2O4/c1-3-25-19(24)11(2)26-17-7-5-13(9-14(17)21)27-18-10-22-16-8-12(20)4-6-15(16)23-18/h4-11H,3H2,1-2H3. The first-order valence-corrected chi connectivity index (χ1v) is 8.57. The lowest BCUT2D eigenvalue weighted by Gasteiger charge is -2.14. The second-order valence-corrected chi connectivity index (χ2v) is 5.98. The number of fused-ring (bicyclic) bond motifs is 1. The van der Waals surface area contributed by atoms with Crippen LogP contribution >= 0.6 is 11.6 Å². The highest BCUT2D eigenvalue weighted by Crippen LogP contribution is 2.27. The zero-order chi connectivity index (χ0) is 19.4. The number of carbonyl (C=O) groups is 1. The van der Waals surface area contributed by atoms with E-state index in [-0.39, 0.29) is 24.0 Å². The third kappa shape index (κ3) is 4.62. The average molecular weight is 391 g/mol. The molecule has 1 atom stereocenters. The largest absolute Gasteiger partial charge is 0.476 e. The van der Waals surface area contributed by atoms with Gasteiger partial charge in [-0.1, -0.05) is 11.6 Å². The normalized spacial score (nSPS) is 11.9. The van der Waals surface area contributed by atoms with Crippen molar-refractivity contribution in [1.29, 1.82) is 0 Å². The van der Waals surface area contributed by atoms with Crippen molar-refractivity contribution in [3.8, 4) is 17.4 Å². The Hall–Kier alpha value is -2.93. The second kappa shape index (κ2) is 8.18. The van der Waals surface area contributed by atoms with E-state index in [1.165, 1.54) is 25.3 Å². The average Bonchev–Trinajstić information content (AvgIpc) is 2.64. The quantitative estimate of drug-likeness (QED) is 0.575. The Morgan fingerprint density at radius 2 is 2.04 bits per heavy atom. The summed E-state index contributed by atoms with van der Waals surface area (Å²) < 4.78 is 29.9.